The number of aromatic amines is 1. The molecule has 9 atom stereocenters. The summed E-state index contributed by atoms with van der Waals surface area (Å²) in [6, 6.07) is 1.52. The van der Waals surface area contributed by atoms with Crippen LogP contribution >= 0.6 is 16.1 Å². The highest BCUT2D eigenvalue weighted by Crippen LogP contribution is 2.51. The van der Waals surface area contributed by atoms with Crippen LogP contribution in [0.15, 0.2) is 41.9 Å². The zero-order chi connectivity index (χ0) is 32.2. The molecule has 0 saturated carbocycles. The SMILES string of the molecule is C=C1[C@@H](OP(=O)(O)OC[C@H]2O[C@@H](n3cnc4c(N)ccnc43)[C@H](O)[C@@H]2O[P+](=O)O)[C@H](n2cnc3c(=O)[nH]c(N)nc32)O[C@@H]1CO. The van der Waals surface area contributed by atoms with Crippen molar-refractivity contribution >= 4 is 50.0 Å². The van der Waals surface area contributed by atoms with Crippen LogP contribution in [0.5, 0.6) is 0 Å². The summed E-state index contributed by atoms with van der Waals surface area (Å²) in [4.78, 5) is 51.0. The topological polar surface area (TPSA) is 308 Å². The monoisotopic (exact) mass is 670 g/mol. The smallest absolute Gasteiger partial charge is 0.397 e. The summed E-state index contributed by atoms with van der Waals surface area (Å²) >= 11 is 0. The number of phosphoric acid groups is 1. The van der Waals surface area contributed by atoms with Crippen LogP contribution in [-0.2, 0) is 32.2 Å². The number of pyridine rings is 1. The minimum Gasteiger partial charge on any atom is -0.397 e. The van der Waals surface area contributed by atoms with Crippen LogP contribution in [0.1, 0.15) is 12.5 Å². The van der Waals surface area contributed by atoms with E-state index in [2.05, 4.69) is 31.5 Å². The predicted molar refractivity (Wildman–Crippen MR) is 150 cm³/mol. The zero-order valence-corrected chi connectivity index (χ0v) is 24.5. The van der Waals surface area contributed by atoms with Crippen molar-refractivity contribution in [2.75, 3.05) is 24.7 Å². The fourth-order valence-corrected chi connectivity index (χ4v) is 6.50. The van der Waals surface area contributed by atoms with Crippen molar-refractivity contribution in [3.63, 3.8) is 0 Å². The maximum atomic E-state index is 13.2. The molecule has 0 spiro atoms. The number of hydrogen-bond acceptors (Lipinski definition) is 16. The number of nitrogens with two attached hydrogens (primary N) is 2. The first-order chi connectivity index (χ1) is 21.4. The maximum Gasteiger partial charge on any atom is 0.695 e. The van der Waals surface area contributed by atoms with Crippen molar-refractivity contribution in [2.45, 2.75) is 43.0 Å². The van der Waals surface area contributed by atoms with Gasteiger partial charge in [-0.3, -0.25) is 28.0 Å². The minimum atomic E-state index is -5.06. The molecule has 9 N–H and O–H groups in total. The molecule has 0 aliphatic carbocycles. The van der Waals surface area contributed by atoms with Gasteiger partial charge in [-0.1, -0.05) is 6.58 Å². The number of aromatic nitrogens is 7. The lowest BCUT2D eigenvalue weighted by Gasteiger charge is -2.24. The summed E-state index contributed by atoms with van der Waals surface area (Å²) in [7, 11) is -8.32. The van der Waals surface area contributed by atoms with Gasteiger partial charge in [-0.2, -0.15) is 4.98 Å². The van der Waals surface area contributed by atoms with Gasteiger partial charge < -0.3 is 36.0 Å². The molecule has 0 bridgehead atoms. The van der Waals surface area contributed by atoms with E-state index < -0.39 is 77.8 Å². The molecule has 2 unspecified atom stereocenters. The number of nitrogen functional groups attached to an aromatic ring is 2. The average molecular weight is 670 g/mol. The van der Waals surface area contributed by atoms with Gasteiger partial charge >= 0.3 is 16.1 Å². The number of aliphatic hydroxyl groups is 2. The number of nitrogens with zero attached hydrogens (tertiary/aromatic N) is 6. The Hall–Kier alpha value is -3.72. The van der Waals surface area contributed by atoms with Gasteiger partial charge in [0.2, 0.25) is 5.95 Å². The molecule has 45 heavy (non-hydrogen) atoms. The minimum absolute atomic E-state index is 0.0457. The Labute approximate surface area is 251 Å². The molecule has 0 aromatic carbocycles. The highest BCUT2D eigenvalue weighted by molar-refractivity contribution is 7.47. The number of hydrogen-bond donors (Lipinski definition) is 7. The first-order valence-electron chi connectivity index (χ1n) is 12.9. The molecule has 2 saturated heterocycles. The third kappa shape index (κ3) is 5.75. The van der Waals surface area contributed by atoms with Crippen LogP contribution in [-0.4, -0.2) is 97.8 Å². The van der Waals surface area contributed by atoms with Crippen molar-refractivity contribution in [2.24, 2.45) is 0 Å². The lowest BCUT2D eigenvalue weighted by molar-refractivity contribution is -0.0608. The first kappa shape index (κ1) is 31.3. The summed E-state index contributed by atoms with van der Waals surface area (Å²) < 4.78 is 54.5. The number of H-pyrrole nitrogens is 1. The number of phosphoric ester groups is 1. The van der Waals surface area contributed by atoms with E-state index in [4.69, 9.17) is 34.5 Å². The van der Waals surface area contributed by atoms with E-state index in [0.717, 1.165) is 6.33 Å². The van der Waals surface area contributed by atoms with Crippen LogP contribution in [0.25, 0.3) is 22.3 Å². The maximum absolute atomic E-state index is 13.2. The predicted octanol–water partition coefficient (Wildman–Crippen LogP) is -1.03. The highest BCUT2D eigenvalue weighted by atomic mass is 31.2. The standard InChI is InChI=1S/C22H25N9O12P2/c1-8-10(4-32)40-21(31-7-27-13-18(31)28-22(24)29-19(13)34)15(8)43-45(37,38)39-5-11-16(42-44(35)36)14(33)20(41-11)30-6-26-12-9(23)2-3-25-17(12)30/h2-3,6-7,10-11,14-16,20-21,32-33H,1,4-5H2,(H6-,23,24,25,28,29,34,35,36,37,38)/p+1/t10-,11-,14-,15-,16-,20-,21-/m1/s1. The van der Waals surface area contributed by atoms with E-state index in [9.17, 15) is 33.9 Å². The zero-order valence-electron chi connectivity index (χ0n) is 22.8. The van der Waals surface area contributed by atoms with Gasteiger partial charge in [-0.15, -0.1) is 9.42 Å². The van der Waals surface area contributed by atoms with Crippen LogP contribution < -0.4 is 17.0 Å². The number of nitrogens with one attached hydrogen (secondary N) is 1. The number of aliphatic hydroxyl groups excluding tert-OH is 2. The number of imidazole rings is 2. The molecule has 23 heteroatoms. The van der Waals surface area contributed by atoms with E-state index in [0.29, 0.717) is 11.2 Å². The Kier molecular flexibility index (Phi) is 8.27. The fourth-order valence-electron chi connectivity index (χ4n) is 5.11. The van der Waals surface area contributed by atoms with Gasteiger partial charge in [0.05, 0.1) is 31.6 Å². The normalized spacial score (nSPS) is 28.7. The third-order valence-corrected chi connectivity index (χ3v) is 8.56. The van der Waals surface area contributed by atoms with Crippen molar-refractivity contribution in [3.8, 4) is 0 Å². The average Bonchev–Trinajstić information content (AvgIpc) is 3.73. The number of rotatable bonds is 10. The Balaban J connectivity index is 1.23. The molecule has 4 aromatic heterocycles. The third-order valence-electron chi connectivity index (χ3n) is 7.17. The molecule has 240 valence electrons. The molecule has 21 nitrogen and oxygen atoms in total. The summed E-state index contributed by atoms with van der Waals surface area (Å²) in [6.07, 6.45) is -5.77. The van der Waals surface area contributed by atoms with E-state index in [1.54, 1.807) is 0 Å². The summed E-state index contributed by atoms with van der Waals surface area (Å²) in [5.41, 5.74) is 11.6. The highest BCUT2D eigenvalue weighted by Gasteiger charge is 2.52. The quantitative estimate of drug-likeness (QED) is 0.0783. The number of ether oxygens (including phenoxy) is 2. The Morgan fingerprint density at radius 2 is 1.84 bits per heavy atom. The first-order valence-corrected chi connectivity index (χ1v) is 15.6. The Morgan fingerprint density at radius 3 is 2.56 bits per heavy atom. The molecule has 4 aromatic rings. The van der Waals surface area contributed by atoms with Crippen LogP contribution in [0, 0.1) is 0 Å². The molecule has 2 aliphatic rings. The molecule has 0 radical (unpaired) electrons. The van der Waals surface area contributed by atoms with E-state index in [1.165, 1.54) is 27.7 Å². The second kappa shape index (κ2) is 11.9. The lowest BCUT2D eigenvalue weighted by atomic mass is 10.1. The van der Waals surface area contributed by atoms with Crippen LogP contribution in [0.3, 0.4) is 0 Å². The van der Waals surface area contributed by atoms with Crippen molar-refractivity contribution < 1.29 is 52.2 Å². The Bertz CT molecular complexity index is 1900. The van der Waals surface area contributed by atoms with Crippen molar-refractivity contribution in [1.82, 2.24) is 34.1 Å². The second-order valence-electron chi connectivity index (χ2n) is 9.93. The van der Waals surface area contributed by atoms with E-state index in [1.807, 2.05) is 0 Å². The molecule has 6 heterocycles. The lowest BCUT2D eigenvalue weighted by Crippen LogP contribution is -2.35. The van der Waals surface area contributed by atoms with Gasteiger partial charge in [-0.05, 0) is 11.6 Å². The van der Waals surface area contributed by atoms with Crippen LogP contribution in [0.4, 0.5) is 11.6 Å². The van der Waals surface area contributed by atoms with Gasteiger partial charge in [0.15, 0.2) is 35.4 Å². The van der Waals surface area contributed by atoms with Gasteiger partial charge in [0, 0.05) is 10.8 Å². The molecule has 2 fully saturated rings. The van der Waals surface area contributed by atoms with Gasteiger partial charge in [0.1, 0.15) is 29.9 Å². The summed E-state index contributed by atoms with van der Waals surface area (Å²) in [6.45, 7) is 2.44. The largest absolute Gasteiger partial charge is 0.695 e. The van der Waals surface area contributed by atoms with Crippen molar-refractivity contribution in [1.29, 1.82) is 0 Å². The van der Waals surface area contributed by atoms with Gasteiger partial charge in [-0.25, -0.2) is 19.5 Å². The molecule has 0 amide bonds. The summed E-state index contributed by atoms with van der Waals surface area (Å²) in [5, 5.41) is 20.8. The molecular weight excluding hydrogens is 644 g/mol. The number of fused-ring (bicyclic) bond motifs is 2. The fraction of sp³-hybridized carbons (Fsp3) is 0.409. The second-order valence-corrected chi connectivity index (χ2v) is 12.0. The van der Waals surface area contributed by atoms with Gasteiger partial charge in [0.25, 0.3) is 5.56 Å². The van der Waals surface area contributed by atoms with E-state index >= 15 is 0 Å². The summed E-state index contributed by atoms with van der Waals surface area (Å²) in [5.74, 6) is -0.236. The molecular formula is C22H26N9O12P2+. The van der Waals surface area contributed by atoms with E-state index in [-0.39, 0.29) is 28.3 Å². The number of anilines is 2. The molecule has 2 aliphatic heterocycles. The molecule has 6 rings (SSSR count). The van der Waals surface area contributed by atoms with Crippen LogP contribution in [0.2, 0.25) is 0 Å². The Morgan fingerprint density at radius 1 is 1.13 bits per heavy atom. The van der Waals surface area contributed by atoms with Crippen molar-refractivity contribution in [3.05, 3.63) is 47.4 Å².